The number of methoxy groups -OCH3 is 1. The topological polar surface area (TPSA) is 37.9 Å². The molecule has 0 amide bonds. The van der Waals surface area contributed by atoms with Gasteiger partial charge in [-0.15, -0.1) is 0 Å². The summed E-state index contributed by atoms with van der Waals surface area (Å²) >= 11 is 0. The Hall–Kier alpha value is -1.22. The summed E-state index contributed by atoms with van der Waals surface area (Å²) in [6.07, 6.45) is 1.25. The van der Waals surface area contributed by atoms with E-state index in [2.05, 4.69) is 16.7 Å². The number of quaternary nitrogens is 1. The highest BCUT2D eigenvalue weighted by molar-refractivity contribution is 5.48. The molecule has 3 heteroatoms. The van der Waals surface area contributed by atoms with Gasteiger partial charge in [-0.25, -0.2) is 0 Å². The molecular formula is C11H17N2O+. The second-order valence-electron chi connectivity index (χ2n) is 3.67. The Morgan fingerprint density at radius 1 is 1.50 bits per heavy atom. The molecule has 14 heavy (non-hydrogen) atoms. The molecule has 1 aromatic carbocycles. The Morgan fingerprint density at radius 3 is 3.14 bits per heavy atom. The zero-order valence-electron chi connectivity index (χ0n) is 8.49. The van der Waals surface area contributed by atoms with Gasteiger partial charge >= 0.3 is 0 Å². The maximum absolute atomic E-state index is 5.17. The van der Waals surface area contributed by atoms with Crippen molar-refractivity contribution in [1.82, 2.24) is 0 Å². The zero-order valence-corrected chi connectivity index (χ0v) is 8.49. The summed E-state index contributed by atoms with van der Waals surface area (Å²) in [7, 11) is 1.70. The van der Waals surface area contributed by atoms with Crippen molar-refractivity contribution < 1.29 is 10.1 Å². The van der Waals surface area contributed by atoms with Gasteiger partial charge in [0.25, 0.3) is 0 Å². The second-order valence-corrected chi connectivity index (χ2v) is 3.67. The Morgan fingerprint density at radius 2 is 2.43 bits per heavy atom. The summed E-state index contributed by atoms with van der Waals surface area (Å²) in [4.78, 5) is 0. The van der Waals surface area contributed by atoms with Crippen LogP contribution in [0.5, 0.6) is 5.75 Å². The van der Waals surface area contributed by atoms with Gasteiger partial charge in [-0.1, -0.05) is 6.07 Å². The van der Waals surface area contributed by atoms with Crippen LogP contribution in [-0.4, -0.2) is 26.2 Å². The monoisotopic (exact) mass is 193 g/mol. The van der Waals surface area contributed by atoms with E-state index in [4.69, 9.17) is 4.74 Å². The van der Waals surface area contributed by atoms with Gasteiger partial charge in [0.1, 0.15) is 5.75 Å². The number of anilines is 1. The van der Waals surface area contributed by atoms with Crippen molar-refractivity contribution in [3.05, 3.63) is 24.3 Å². The third-order valence-electron chi connectivity index (χ3n) is 2.61. The molecule has 1 aliphatic heterocycles. The van der Waals surface area contributed by atoms with Gasteiger partial charge in [0, 0.05) is 18.2 Å². The Bertz CT molecular complexity index is 295. The first kappa shape index (κ1) is 9.34. The zero-order chi connectivity index (χ0) is 9.80. The summed E-state index contributed by atoms with van der Waals surface area (Å²) in [5.74, 6) is 0.914. The number of rotatable bonds is 3. The molecule has 1 heterocycles. The van der Waals surface area contributed by atoms with E-state index in [9.17, 15) is 0 Å². The smallest absolute Gasteiger partial charge is 0.120 e. The fraction of sp³-hybridized carbons (Fsp3) is 0.455. The van der Waals surface area contributed by atoms with E-state index < -0.39 is 0 Å². The maximum Gasteiger partial charge on any atom is 0.120 e. The third-order valence-corrected chi connectivity index (χ3v) is 2.61. The fourth-order valence-electron chi connectivity index (χ4n) is 1.84. The largest absolute Gasteiger partial charge is 0.497 e. The molecule has 2 rings (SSSR count). The number of nitrogens with one attached hydrogen (secondary N) is 1. The van der Waals surface area contributed by atoms with Gasteiger partial charge in [-0.2, -0.15) is 0 Å². The number of hydrogen-bond donors (Lipinski definition) is 2. The van der Waals surface area contributed by atoms with Crippen molar-refractivity contribution in [2.24, 2.45) is 0 Å². The molecular weight excluding hydrogens is 176 g/mol. The minimum Gasteiger partial charge on any atom is -0.497 e. The van der Waals surface area contributed by atoms with Crippen LogP contribution in [0.15, 0.2) is 24.3 Å². The van der Waals surface area contributed by atoms with Crippen LogP contribution in [-0.2, 0) is 0 Å². The van der Waals surface area contributed by atoms with Crippen molar-refractivity contribution in [1.29, 1.82) is 0 Å². The number of nitrogens with two attached hydrogens (primary N) is 1. The van der Waals surface area contributed by atoms with Crippen LogP contribution >= 0.6 is 0 Å². The first-order chi connectivity index (χ1) is 6.88. The molecule has 1 fully saturated rings. The summed E-state index contributed by atoms with van der Waals surface area (Å²) in [6, 6.07) is 8.72. The van der Waals surface area contributed by atoms with Crippen LogP contribution in [0.25, 0.3) is 0 Å². The van der Waals surface area contributed by atoms with Crippen LogP contribution in [0.2, 0.25) is 0 Å². The minimum absolute atomic E-state index is 0.613. The normalized spacial score (nSPS) is 20.8. The lowest BCUT2D eigenvalue weighted by Crippen LogP contribution is -2.81. The molecule has 1 aliphatic rings. The Labute approximate surface area is 84.5 Å². The van der Waals surface area contributed by atoms with Gasteiger partial charge < -0.3 is 15.4 Å². The van der Waals surface area contributed by atoms with Crippen molar-refractivity contribution in [2.45, 2.75) is 12.5 Å². The quantitative estimate of drug-likeness (QED) is 0.731. The summed E-state index contributed by atoms with van der Waals surface area (Å²) in [6.45, 7) is 2.42. The molecule has 1 saturated heterocycles. The van der Waals surface area contributed by atoms with Gasteiger partial charge in [0.05, 0.1) is 26.2 Å². The molecule has 0 radical (unpaired) electrons. The number of hydrogen-bond acceptors (Lipinski definition) is 2. The summed E-state index contributed by atoms with van der Waals surface area (Å²) < 4.78 is 5.17. The number of ether oxygens (including phenoxy) is 1. The predicted molar refractivity (Wildman–Crippen MR) is 56.7 cm³/mol. The predicted octanol–water partition coefficient (Wildman–Crippen LogP) is 0.443. The molecule has 0 spiro atoms. The van der Waals surface area contributed by atoms with Gasteiger partial charge in [0.15, 0.2) is 0 Å². The lowest BCUT2D eigenvalue weighted by atomic mass is 10.2. The standard InChI is InChI=1S/C11H16N2O/c1-14-11-4-2-3-9(7-11)13-10-5-6-12-8-10/h2-4,7,10,12-13H,5-6,8H2,1H3/p+1/t10-/m1/s1. The van der Waals surface area contributed by atoms with E-state index in [1.54, 1.807) is 7.11 Å². The van der Waals surface area contributed by atoms with Crippen molar-refractivity contribution in [3.63, 3.8) is 0 Å². The van der Waals surface area contributed by atoms with Crippen molar-refractivity contribution in [2.75, 3.05) is 25.5 Å². The van der Waals surface area contributed by atoms with Crippen molar-refractivity contribution in [3.8, 4) is 5.75 Å². The van der Waals surface area contributed by atoms with Crippen LogP contribution in [0.4, 0.5) is 5.69 Å². The Balaban J connectivity index is 2.00. The average molecular weight is 193 g/mol. The van der Waals surface area contributed by atoms with E-state index in [0.717, 1.165) is 11.4 Å². The van der Waals surface area contributed by atoms with Crippen LogP contribution in [0.3, 0.4) is 0 Å². The molecule has 0 bridgehead atoms. The van der Waals surface area contributed by atoms with E-state index in [1.165, 1.54) is 19.5 Å². The molecule has 1 aromatic rings. The highest BCUT2D eigenvalue weighted by Gasteiger charge is 2.17. The number of benzene rings is 1. The molecule has 0 unspecified atom stereocenters. The van der Waals surface area contributed by atoms with E-state index in [1.807, 2.05) is 18.2 Å². The molecule has 3 N–H and O–H groups in total. The maximum atomic E-state index is 5.17. The van der Waals surface area contributed by atoms with Gasteiger partial charge in [-0.05, 0) is 12.1 Å². The SMILES string of the molecule is COc1cccc(N[C@@H]2CC[NH2+]C2)c1. The average Bonchev–Trinajstić information content (AvgIpc) is 2.71. The first-order valence-corrected chi connectivity index (χ1v) is 5.11. The van der Waals surface area contributed by atoms with Crippen LogP contribution < -0.4 is 15.4 Å². The fourth-order valence-corrected chi connectivity index (χ4v) is 1.84. The van der Waals surface area contributed by atoms with Crippen LogP contribution in [0.1, 0.15) is 6.42 Å². The lowest BCUT2D eigenvalue weighted by molar-refractivity contribution is -0.636. The second kappa shape index (κ2) is 4.33. The minimum atomic E-state index is 0.613. The highest BCUT2D eigenvalue weighted by Crippen LogP contribution is 2.17. The molecule has 1 atom stereocenters. The highest BCUT2D eigenvalue weighted by atomic mass is 16.5. The lowest BCUT2D eigenvalue weighted by Gasteiger charge is -2.11. The first-order valence-electron chi connectivity index (χ1n) is 5.11. The van der Waals surface area contributed by atoms with E-state index in [0.29, 0.717) is 6.04 Å². The molecule has 0 aliphatic carbocycles. The Kier molecular flexibility index (Phi) is 2.89. The summed E-state index contributed by atoms with van der Waals surface area (Å²) in [5, 5.41) is 5.85. The molecule has 0 aromatic heterocycles. The molecule has 76 valence electrons. The summed E-state index contributed by atoms with van der Waals surface area (Å²) in [5.41, 5.74) is 1.16. The van der Waals surface area contributed by atoms with Gasteiger partial charge in [0.2, 0.25) is 0 Å². The molecule has 0 saturated carbocycles. The van der Waals surface area contributed by atoms with E-state index >= 15 is 0 Å². The van der Waals surface area contributed by atoms with Crippen molar-refractivity contribution >= 4 is 5.69 Å². The third kappa shape index (κ3) is 2.17. The van der Waals surface area contributed by atoms with Crippen LogP contribution in [0, 0.1) is 0 Å². The molecule has 3 nitrogen and oxygen atoms in total. The van der Waals surface area contributed by atoms with E-state index in [-0.39, 0.29) is 0 Å². The van der Waals surface area contributed by atoms with Gasteiger partial charge in [-0.3, -0.25) is 0 Å².